The first-order valence-corrected chi connectivity index (χ1v) is 9.32. The van der Waals surface area contributed by atoms with Gasteiger partial charge in [-0.3, -0.25) is 9.69 Å². The Morgan fingerprint density at radius 1 is 1.37 bits per heavy atom. The number of benzene rings is 1. The number of halogens is 3. The zero-order chi connectivity index (χ0) is 22.5. The number of carbonyl (C=O) groups excluding carboxylic acids is 1. The normalized spacial score (nSPS) is 20.5. The monoisotopic (exact) mass is 427 g/mol. The quantitative estimate of drug-likeness (QED) is 0.796. The number of carboxylic acids is 1. The summed E-state index contributed by atoms with van der Waals surface area (Å²) in [7, 11) is 3.91. The maximum atomic E-state index is 12.6. The van der Waals surface area contributed by atoms with Crippen LogP contribution in [0.25, 0.3) is 0 Å². The first-order chi connectivity index (χ1) is 14.0. The van der Waals surface area contributed by atoms with Gasteiger partial charge in [0.1, 0.15) is 0 Å². The smallest absolute Gasteiger partial charge is 0.475 e. The number of nitrogens with zero attached hydrogens (tertiary/aromatic N) is 3. The topological polar surface area (TPSA) is 93.9 Å². The van der Waals surface area contributed by atoms with Crippen LogP contribution in [0.4, 0.5) is 13.2 Å². The summed E-state index contributed by atoms with van der Waals surface area (Å²) in [6, 6.07) is 9.03. The molecule has 10 heteroatoms. The van der Waals surface area contributed by atoms with E-state index >= 15 is 0 Å². The van der Waals surface area contributed by atoms with Crippen LogP contribution in [0.5, 0.6) is 0 Å². The number of hydrogen-bond acceptors (Lipinski definition) is 5. The number of likely N-dealkylation sites (tertiary alicyclic amines) is 2. The molecule has 7 nitrogen and oxygen atoms in total. The molecule has 1 N–H and O–H groups in total. The van der Waals surface area contributed by atoms with Crippen LogP contribution in [-0.2, 0) is 9.53 Å². The summed E-state index contributed by atoms with van der Waals surface area (Å²) in [5.74, 6) is -2.15. The minimum Gasteiger partial charge on any atom is -0.475 e. The van der Waals surface area contributed by atoms with Gasteiger partial charge in [0, 0.05) is 32.4 Å². The molecule has 2 fully saturated rings. The number of aliphatic carboxylic acids is 1. The molecule has 0 aromatic heterocycles. The molecule has 1 amide bonds. The third-order valence-electron chi connectivity index (χ3n) is 5.49. The highest BCUT2D eigenvalue weighted by molar-refractivity contribution is 5.95. The molecule has 2 aliphatic rings. The molecule has 30 heavy (non-hydrogen) atoms. The molecule has 1 aromatic carbocycles. The fraction of sp³-hybridized carbons (Fsp3) is 0.550. The third kappa shape index (κ3) is 5.49. The van der Waals surface area contributed by atoms with E-state index in [1.807, 2.05) is 4.90 Å². The fourth-order valence-corrected chi connectivity index (χ4v) is 3.87. The molecule has 1 aromatic rings. The Kier molecular flexibility index (Phi) is 7.44. The van der Waals surface area contributed by atoms with Crippen molar-refractivity contribution in [1.29, 1.82) is 5.26 Å². The third-order valence-corrected chi connectivity index (χ3v) is 5.49. The molecular weight excluding hydrogens is 403 g/mol. The van der Waals surface area contributed by atoms with Gasteiger partial charge in [-0.05, 0) is 50.6 Å². The second-order valence-corrected chi connectivity index (χ2v) is 7.62. The van der Waals surface area contributed by atoms with Gasteiger partial charge in [-0.15, -0.1) is 0 Å². The highest BCUT2D eigenvalue weighted by Gasteiger charge is 2.50. The lowest BCUT2D eigenvalue weighted by atomic mass is 9.75. The highest BCUT2D eigenvalue weighted by Crippen LogP contribution is 2.38. The van der Waals surface area contributed by atoms with E-state index < -0.39 is 12.1 Å². The van der Waals surface area contributed by atoms with Crippen molar-refractivity contribution in [3.8, 4) is 6.07 Å². The molecule has 164 valence electrons. The van der Waals surface area contributed by atoms with Crippen molar-refractivity contribution >= 4 is 11.9 Å². The Labute approximate surface area is 172 Å². The van der Waals surface area contributed by atoms with E-state index in [0.29, 0.717) is 17.0 Å². The van der Waals surface area contributed by atoms with Gasteiger partial charge in [0.05, 0.1) is 17.2 Å². The van der Waals surface area contributed by atoms with Crippen LogP contribution in [-0.4, -0.2) is 78.9 Å². The predicted octanol–water partition coefficient (Wildman–Crippen LogP) is 2.37. The predicted molar refractivity (Wildman–Crippen MR) is 101 cm³/mol. The molecule has 3 rings (SSSR count). The molecule has 2 heterocycles. The van der Waals surface area contributed by atoms with Crippen LogP contribution in [0.15, 0.2) is 24.3 Å². The van der Waals surface area contributed by atoms with E-state index in [1.165, 1.54) is 0 Å². The summed E-state index contributed by atoms with van der Waals surface area (Å²) in [6.07, 6.45) is -2.84. The number of rotatable bonds is 3. The van der Waals surface area contributed by atoms with Crippen LogP contribution in [0.3, 0.4) is 0 Å². The molecular formula is C20H24F3N3O4. The molecule has 0 radical (unpaired) electrons. The minimum atomic E-state index is -5.08. The largest absolute Gasteiger partial charge is 0.490 e. The Morgan fingerprint density at radius 2 is 2.00 bits per heavy atom. The van der Waals surface area contributed by atoms with Gasteiger partial charge in [-0.1, -0.05) is 6.07 Å². The second kappa shape index (κ2) is 9.45. The SMILES string of the molecule is COCC1CCN(C)C2(C1)CN(C(=O)c1cccc(C#N)c1)C2.O=C(O)C(F)(F)F. The standard InChI is InChI=1S/C18H23N3O2.C2HF3O2/c1-20-7-6-15(11-23-2)9-18(20)12-21(13-18)17(22)16-5-3-4-14(8-16)10-19;3-2(4,5)1(6)7/h3-5,8,15H,6-7,9,11-13H2,1-2H3;(H,6,7). The molecule has 1 spiro atoms. The second-order valence-electron chi connectivity index (χ2n) is 7.62. The van der Waals surface area contributed by atoms with E-state index in [0.717, 1.165) is 39.1 Å². The number of nitriles is 1. The Bertz CT molecular complexity index is 816. The van der Waals surface area contributed by atoms with Crippen LogP contribution in [0, 0.1) is 17.2 Å². The van der Waals surface area contributed by atoms with Crippen molar-refractivity contribution in [1.82, 2.24) is 9.80 Å². The van der Waals surface area contributed by atoms with Crippen molar-refractivity contribution in [3.05, 3.63) is 35.4 Å². The van der Waals surface area contributed by atoms with Crippen LogP contribution < -0.4 is 0 Å². The van der Waals surface area contributed by atoms with Crippen LogP contribution >= 0.6 is 0 Å². The molecule has 0 saturated carbocycles. The van der Waals surface area contributed by atoms with Crippen molar-refractivity contribution in [2.24, 2.45) is 5.92 Å². The van der Waals surface area contributed by atoms with Gasteiger partial charge in [0.25, 0.3) is 5.91 Å². The van der Waals surface area contributed by atoms with E-state index in [4.69, 9.17) is 19.9 Å². The molecule has 1 unspecified atom stereocenters. The summed E-state index contributed by atoms with van der Waals surface area (Å²) >= 11 is 0. The highest BCUT2D eigenvalue weighted by atomic mass is 19.4. The molecule has 2 saturated heterocycles. The fourth-order valence-electron chi connectivity index (χ4n) is 3.87. The van der Waals surface area contributed by atoms with Gasteiger partial charge in [0.15, 0.2) is 0 Å². The van der Waals surface area contributed by atoms with Gasteiger partial charge >= 0.3 is 12.1 Å². The van der Waals surface area contributed by atoms with E-state index in [2.05, 4.69) is 18.0 Å². The molecule has 0 aliphatic carbocycles. The lowest BCUT2D eigenvalue weighted by Gasteiger charge is -2.58. The number of likely N-dealkylation sites (N-methyl/N-ethyl adjacent to an activating group) is 1. The average Bonchev–Trinajstić information content (AvgIpc) is 2.67. The maximum absolute atomic E-state index is 12.6. The Balaban J connectivity index is 0.000000396. The molecule has 0 bridgehead atoms. The van der Waals surface area contributed by atoms with Gasteiger partial charge in [-0.25, -0.2) is 4.79 Å². The first kappa shape index (κ1) is 23.6. The van der Waals surface area contributed by atoms with Crippen molar-refractivity contribution in [2.45, 2.75) is 24.6 Å². The molecule has 1 atom stereocenters. The van der Waals surface area contributed by atoms with Crippen molar-refractivity contribution in [3.63, 3.8) is 0 Å². The number of piperidine rings is 1. The number of carboxylic acid groups (broad SMARTS) is 1. The van der Waals surface area contributed by atoms with E-state index in [-0.39, 0.29) is 11.4 Å². The van der Waals surface area contributed by atoms with Crippen LogP contribution in [0.2, 0.25) is 0 Å². The summed E-state index contributed by atoms with van der Waals surface area (Å²) in [5.41, 5.74) is 1.23. The lowest BCUT2D eigenvalue weighted by Crippen LogP contribution is -2.72. The Morgan fingerprint density at radius 3 is 2.53 bits per heavy atom. The van der Waals surface area contributed by atoms with Gasteiger partial charge < -0.3 is 14.7 Å². The summed E-state index contributed by atoms with van der Waals surface area (Å²) in [6.45, 7) is 3.38. The number of carbonyl (C=O) groups is 2. The lowest BCUT2D eigenvalue weighted by molar-refractivity contribution is -0.192. The molecule has 2 aliphatic heterocycles. The number of alkyl halides is 3. The maximum Gasteiger partial charge on any atom is 0.490 e. The zero-order valence-electron chi connectivity index (χ0n) is 16.8. The number of ether oxygens (including phenoxy) is 1. The summed E-state index contributed by atoms with van der Waals surface area (Å²) in [5, 5.41) is 16.1. The summed E-state index contributed by atoms with van der Waals surface area (Å²) in [4.78, 5) is 25.8. The van der Waals surface area contributed by atoms with Gasteiger partial charge in [0.2, 0.25) is 0 Å². The number of hydrogen-bond donors (Lipinski definition) is 1. The number of amides is 1. The summed E-state index contributed by atoms with van der Waals surface area (Å²) < 4.78 is 37.1. The van der Waals surface area contributed by atoms with Gasteiger partial charge in [-0.2, -0.15) is 18.4 Å². The average molecular weight is 427 g/mol. The zero-order valence-corrected chi connectivity index (χ0v) is 16.8. The van der Waals surface area contributed by atoms with Crippen LogP contribution in [0.1, 0.15) is 28.8 Å². The van der Waals surface area contributed by atoms with Crippen molar-refractivity contribution < 1.29 is 32.6 Å². The Hall–Kier alpha value is -2.64. The van der Waals surface area contributed by atoms with E-state index in [1.54, 1.807) is 31.4 Å². The number of methoxy groups -OCH3 is 1. The van der Waals surface area contributed by atoms with Crippen molar-refractivity contribution in [2.75, 3.05) is 40.4 Å². The first-order valence-electron chi connectivity index (χ1n) is 9.32. The van der Waals surface area contributed by atoms with E-state index in [9.17, 15) is 18.0 Å². The minimum absolute atomic E-state index is 0.0231.